The van der Waals surface area contributed by atoms with Gasteiger partial charge in [-0.05, 0) is 73.1 Å². The quantitative estimate of drug-likeness (QED) is 0.121. The van der Waals surface area contributed by atoms with Crippen LogP contribution in [0, 0.1) is 29.4 Å². The van der Waals surface area contributed by atoms with Gasteiger partial charge < -0.3 is 11.1 Å². The number of carbonyl (C=O) groups is 1. The maximum Gasteiger partial charge on any atom is 0.435 e. The smallest absolute Gasteiger partial charge is 0.382 e. The van der Waals surface area contributed by atoms with E-state index in [9.17, 15) is 39.9 Å². The van der Waals surface area contributed by atoms with Gasteiger partial charge in [0.15, 0.2) is 11.5 Å². The molecule has 1 fully saturated rings. The molecule has 19 heteroatoms. The highest BCUT2D eigenvalue weighted by atomic mass is 35.5. The van der Waals surface area contributed by atoms with Crippen molar-refractivity contribution in [3.63, 3.8) is 0 Å². The topological polar surface area (TPSA) is 104 Å². The van der Waals surface area contributed by atoms with Gasteiger partial charge in [-0.25, -0.2) is 13.8 Å². The number of aromatic nitrogens is 5. The second-order valence-corrected chi connectivity index (χ2v) is 14.0. The fourth-order valence-electron chi connectivity index (χ4n) is 7.17. The zero-order valence-corrected chi connectivity index (χ0v) is 29.4. The average molecular weight is 810 g/mol. The number of alkyl halides is 8. The van der Waals surface area contributed by atoms with E-state index in [0.29, 0.717) is 21.0 Å². The highest BCUT2D eigenvalue weighted by Crippen LogP contribution is 2.68. The number of rotatable bonds is 8. The first-order chi connectivity index (χ1) is 26.1. The van der Waals surface area contributed by atoms with Crippen molar-refractivity contribution in [3.05, 3.63) is 105 Å². The van der Waals surface area contributed by atoms with E-state index in [0.717, 1.165) is 12.1 Å². The number of benzene rings is 2. The second-order valence-electron chi connectivity index (χ2n) is 13.6. The Hall–Kier alpha value is -5.57. The van der Waals surface area contributed by atoms with Crippen LogP contribution >= 0.6 is 11.6 Å². The molecule has 3 aromatic heterocycles. The molecule has 0 bridgehead atoms. The molecule has 2 aliphatic carbocycles. The maximum absolute atomic E-state index is 15.3. The van der Waals surface area contributed by atoms with E-state index in [1.165, 1.54) is 24.3 Å². The number of carbonyl (C=O) groups excluding carboxylic acids is 1. The van der Waals surface area contributed by atoms with Crippen molar-refractivity contribution in [2.45, 2.75) is 63.1 Å². The van der Waals surface area contributed by atoms with E-state index in [4.69, 9.17) is 17.3 Å². The molecule has 8 nitrogen and oxygen atoms in total. The summed E-state index contributed by atoms with van der Waals surface area (Å²) in [6.45, 7) is 2.53. The molecule has 1 amide bonds. The lowest BCUT2D eigenvalue weighted by Crippen LogP contribution is -2.35. The molecule has 1 saturated carbocycles. The van der Waals surface area contributed by atoms with Crippen molar-refractivity contribution >= 4 is 34.2 Å². The third-order valence-electron chi connectivity index (χ3n) is 9.34. The molecule has 2 aliphatic rings. The molecule has 0 unspecified atom stereocenters. The van der Waals surface area contributed by atoms with Crippen molar-refractivity contribution in [2.24, 2.45) is 5.92 Å². The monoisotopic (exact) mass is 809 g/mol. The van der Waals surface area contributed by atoms with Crippen molar-refractivity contribution in [1.29, 1.82) is 0 Å². The molecule has 56 heavy (non-hydrogen) atoms. The summed E-state index contributed by atoms with van der Waals surface area (Å²) >= 11 is 6.37. The predicted molar refractivity (Wildman–Crippen MR) is 183 cm³/mol. The number of allylic oxidation sites excluding steroid dienone is 1. The molecule has 2 aromatic carbocycles. The van der Waals surface area contributed by atoms with Gasteiger partial charge in [-0.15, -0.1) is 0 Å². The third-order valence-corrected chi connectivity index (χ3v) is 9.65. The molecule has 7 rings (SSSR count). The van der Waals surface area contributed by atoms with Gasteiger partial charge in [-0.1, -0.05) is 30.2 Å². The van der Waals surface area contributed by atoms with Gasteiger partial charge in [0.1, 0.15) is 36.1 Å². The number of hydrogen-bond acceptors (Lipinski definition) is 5. The van der Waals surface area contributed by atoms with E-state index in [1.54, 1.807) is 6.92 Å². The van der Waals surface area contributed by atoms with Crippen LogP contribution in [0.15, 0.2) is 54.6 Å². The average Bonchev–Trinajstić information content (AvgIpc) is 3.61. The summed E-state index contributed by atoms with van der Waals surface area (Å²) in [6, 6.07) is 6.37. The summed E-state index contributed by atoms with van der Waals surface area (Å²) in [5, 5.41) is 9.64. The SMILES string of the molecule is C=C(C)C#Cc1ccc(-c2ccc(Cl)c3c(N)nn(CC(F)(F)F)c23)c([C@H](Cc2cc(F)cc(F)c2)NC(=O)Cn2nc(C(F)(F)F)c3c2C(F)(F)[C@@H]2C[C@H]32)n1. The summed E-state index contributed by atoms with van der Waals surface area (Å²) in [7, 11) is 0. The minimum Gasteiger partial charge on any atom is -0.382 e. The third kappa shape index (κ3) is 7.27. The number of anilines is 1. The number of halogens is 11. The number of pyridine rings is 1. The van der Waals surface area contributed by atoms with E-state index in [2.05, 4.69) is 38.9 Å². The van der Waals surface area contributed by atoms with Crippen molar-refractivity contribution in [1.82, 2.24) is 29.9 Å². The lowest BCUT2D eigenvalue weighted by molar-refractivity contribution is -0.142. The Bertz CT molecular complexity index is 2490. The minimum atomic E-state index is -5.11. The summed E-state index contributed by atoms with van der Waals surface area (Å²) in [6.07, 6.45) is -10.6. The number of hydrogen-bond donors (Lipinski definition) is 2. The Balaban J connectivity index is 1.39. The Morgan fingerprint density at radius 3 is 2.38 bits per heavy atom. The molecule has 0 spiro atoms. The maximum atomic E-state index is 15.3. The summed E-state index contributed by atoms with van der Waals surface area (Å²) in [4.78, 5) is 18.4. The first-order valence-corrected chi connectivity index (χ1v) is 17.0. The largest absolute Gasteiger partial charge is 0.435 e. The molecule has 0 radical (unpaired) electrons. The van der Waals surface area contributed by atoms with Crippen LogP contribution in [0.3, 0.4) is 0 Å². The summed E-state index contributed by atoms with van der Waals surface area (Å²) in [5.74, 6) is -4.28. The fourth-order valence-corrected chi connectivity index (χ4v) is 7.42. The van der Waals surface area contributed by atoms with Crippen molar-refractivity contribution in [2.75, 3.05) is 5.73 Å². The summed E-state index contributed by atoms with van der Waals surface area (Å²) < 4.78 is 144. The van der Waals surface area contributed by atoms with E-state index >= 15 is 8.78 Å². The van der Waals surface area contributed by atoms with Crippen molar-refractivity contribution in [3.8, 4) is 23.0 Å². The second kappa shape index (κ2) is 13.6. The Kier molecular flexibility index (Phi) is 9.38. The lowest BCUT2D eigenvalue weighted by atomic mass is 9.93. The standard InChI is InChI=1S/C37H26ClF10N7O/c1-16(2)3-4-20-5-6-21(22-7-8-25(38)29-31(22)55(53-34(29)49)15-35(41,42)43)30(50-20)26(11-17-9-18(39)12-19(40)10-17)51-27(56)14-54-33-28(32(52-54)37(46,47)48)23-13-24(23)36(33,44)45/h5-10,12,23-24,26H,1,11,13-15H2,2H3,(H2,49,53)(H,51,56)/t23-,24+,26-/m0/s1. The number of amides is 1. The molecule has 0 saturated heterocycles. The van der Waals surface area contributed by atoms with Gasteiger partial charge >= 0.3 is 12.4 Å². The normalized spacial score (nSPS) is 17.6. The Morgan fingerprint density at radius 2 is 1.73 bits per heavy atom. The molecule has 0 aliphatic heterocycles. The van der Waals surface area contributed by atoms with Gasteiger partial charge in [-0.2, -0.15) is 45.3 Å². The van der Waals surface area contributed by atoms with Crippen LogP contribution in [-0.4, -0.2) is 36.6 Å². The molecule has 3 atom stereocenters. The number of nitrogens with one attached hydrogen (secondary N) is 1. The number of nitrogens with two attached hydrogens (primary N) is 1. The molecule has 3 N–H and O–H groups in total. The first kappa shape index (κ1) is 38.7. The predicted octanol–water partition coefficient (Wildman–Crippen LogP) is 8.63. The lowest BCUT2D eigenvalue weighted by Gasteiger charge is -2.23. The molecular weight excluding hydrogens is 784 g/mol. The minimum absolute atomic E-state index is 0.00279. The zero-order valence-electron chi connectivity index (χ0n) is 28.7. The van der Waals surface area contributed by atoms with E-state index in [1.807, 2.05) is 0 Å². The molecule has 292 valence electrons. The van der Waals surface area contributed by atoms with Crippen LogP contribution in [-0.2, 0) is 36.4 Å². The van der Waals surface area contributed by atoms with Gasteiger partial charge in [0.25, 0.3) is 5.92 Å². The van der Waals surface area contributed by atoms with Gasteiger partial charge in [0.05, 0.1) is 27.7 Å². The van der Waals surface area contributed by atoms with E-state index in [-0.39, 0.29) is 56.2 Å². The number of nitrogens with zero attached hydrogens (tertiary/aromatic N) is 5. The number of nitrogen functional groups attached to an aromatic ring is 1. The van der Waals surface area contributed by atoms with Gasteiger partial charge in [0, 0.05) is 28.7 Å². The highest BCUT2D eigenvalue weighted by Gasteiger charge is 2.68. The van der Waals surface area contributed by atoms with Crippen LogP contribution in [0.25, 0.3) is 22.0 Å². The van der Waals surface area contributed by atoms with Crippen LogP contribution in [0.5, 0.6) is 0 Å². The number of fused-ring (bicyclic) bond motifs is 4. The zero-order chi connectivity index (χ0) is 40.6. The first-order valence-electron chi connectivity index (χ1n) is 16.6. The van der Waals surface area contributed by atoms with Gasteiger partial charge in [0.2, 0.25) is 5.91 Å². The van der Waals surface area contributed by atoms with E-state index < -0.39 is 90.2 Å². The van der Waals surface area contributed by atoms with Crippen LogP contribution in [0.2, 0.25) is 5.02 Å². The molecular formula is C37H26ClF10N7O. The highest BCUT2D eigenvalue weighted by molar-refractivity contribution is 6.37. The molecule has 5 aromatic rings. The summed E-state index contributed by atoms with van der Waals surface area (Å²) in [5.41, 5.74) is 2.78. The van der Waals surface area contributed by atoms with Crippen LogP contribution < -0.4 is 11.1 Å². The van der Waals surface area contributed by atoms with Crippen molar-refractivity contribution < 1.29 is 48.7 Å². The fraction of sp³-hybridized carbons (Fsp3) is 0.297. The van der Waals surface area contributed by atoms with Gasteiger partial charge in [-0.3, -0.25) is 14.2 Å². The Morgan fingerprint density at radius 1 is 1.05 bits per heavy atom. The molecule has 3 heterocycles. The Labute approximate surface area is 315 Å². The van der Waals surface area contributed by atoms with Crippen LogP contribution in [0.4, 0.5) is 49.7 Å². The van der Waals surface area contributed by atoms with Crippen LogP contribution in [0.1, 0.15) is 59.2 Å².